The maximum absolute atomic E-state index is 12.4. The lowest BCUT2D eigenvalue weighted by Gasteiger charge is -2.29. The Bertz CT molecular complexity index is 593. The largest absolute Gasteiger partial charge is 0.469 e. The Morgan fingerprint density at radius 1 is 1.09 bits per heavy atom. The molecule has 1 aliphatic carbocycles. The van der Waals surface area contributed by atoms with E-state index in [1.807, 2.05) is 19.1 Å². The van der Waals surface area contributed by atoms with Crippen LogP contribution in [0.1, 0.15) is 20.3 Å². The Morgan fingerprint density at radius 2 is 1.78 bits per heavy atom. The first kappa shape index (κ1) is 18.6. The molecule has 0 radical (unpaired) electrons. The number of hydrogen-bond donors (Lipinski definition) is 0. The molecule has 1 aliphatic rings. The van der Waals surface area contributed by atoms with Gasteiger partial charge in [0.2, 0.25) is 0 Å². The fourth-order valence-corrected chi connectivity index (χ4v) is 2.61. The first-order valence-electron chi connectivity index (χ1n) is 7.37. The standard InChI is InChI=1S/C18H22O5/c1-5-7-8-10-12-11-14(19)16(18(21)23-4)13(9-6-2)15(12)17(20)22-3/h5-10,12,15H,11H2,1-4H3. The van der Waals surface area contributed by atoms with E-state index in [2.05, 4.69) is 0 Å². The lowest BCUT2D eigenvalue weighted by Crippen LogP contribution is -2.35. The zero-order valence-corrected chi connectivity index (χ0v) is 13.9. The summed E-state index contributed by atoms with van der Waals surface area (Å²) in [5.74, 6) is -2.63. The highest BCUT2D eigenvalue weighted by Crippen LogP contribution is 2.36. The van der Waals surface area contributed by atoms with E-state index in [9.17, 15) is 14.4 Å². The van der Waals surface area contributed by atoms with Crippen LogP contribution in [0, 0.1) is 11.8 Å². The molecule has 23 heavy (non-hydrogen) atoms. The van der Waals surface area contributed by atoms with Gasteiger partial charge in [-0.25, -0.2) is 4.79 Å². The molecule has 0 amide bonds. The molecule has 0 aliphatic heterocycles. The predicted octanol–water partition coefficient (Wildman–Crippen LogP) is 2.54. The van der Waals surface area contributed by atoms with Gasteiger partial charge in [0.25, 0.3) is 0 Å². The van der Waals surface area contributed by atoms with Gasteiger partial charge in [0.05, 0.1) is 20.1 Å². The molecule has 0 saturated carbocycles. The number of ether oxygens (including phenoxy) is 2. The molecule has 0 aromatic heterocycles. The molecule has 0 bridgehead atoms. The van der Waals surface area contributed by atoms with Crippen LogP contribution in [0.2, 0.25) is 0 Å². The molecule has 2 unspecified atom stereocenters. The molecule has 0 aromatic rings. The maximum atomic E-state index is 12.4. The van der Waals surface area contributed by atoms with E-state index >= 15 is 0 Å². The summed E-state index contributed by atoms with van der Waals surface area (Å²) in [6, 6.07) is 0. The molecule has 0 fully saturated rings. The molecule has 0 aromatic carbocycles. The van der Waals surface area contributed by atoms with E-state index in [1.165, 1.54) is 14.2 Å². The number of carbonyl (C=O) groups is 3. The molecule has 0 saturated heterocycles. The summed E-state index contributed by atoms with van der Waals surface area (Å²) in [4.78, 5) is 36.6. The Labute approximate surface area is 136 Å². The van der Waals surface area contributed by atoms with Crippen molar-refractivity contribution in [3.05, 3.63) is 47.6 Å². The number of rotatable bonds is 5. The van der Waals surface area contributed by atoms with Gasteiger partial charge in [-0.3, -0.25) is 9.59 Å². The average Bonchev–Trinajstić information content (AvgIpc) is 2.54. The van der Waals surface area contributed by atoms with Crippen molar-refractivity contribution in [3.8, 4) is 0 Å². The second kappa shape index (κ2) is 8.88. The number of esters is 2. The molecule has 5 nitrogen and oxygen atoms in total. The normalized spacial score (nSPS) is 22.3. The molecule has 2 atom stereocenters. The quantitative estimate of drug-likeness (QED) is 0.442. The second-order valence-corrected chi connectivity index (χ2v) is 5.02. The minimum absolute atomic E-state index is 0.0549. The smallest absolute Gasteiger partial charge is 0.341 e. The van der Waals surface area contributed by atoms with E-state index in [-0.39, 0.29) is 23.7 Å². The molecule has 1 rings (SSSR count). The monoisotopic (exact) mass is 318 g/mol. The summed E-state index contributed by atoms with van der Waals surface area (Å²) in [6.07, 6.45) is 10.6. The summed E-state index contributed by atoms with van der Waals surface area (Å²) in [6.45, 7) is 3.62. The lowest BCUT2D eigenvalue weighted by molar-refractivity contribution is -0.145. The number of carbonyl (C=O) groups excluding carboxylic acids is 3. The van der Waals surface area contributed by atoms with Gasteiger partial charge in [0, 0.05) is 12.3 Å². The van der Waals surface area contributed by atoms with Gasteiger partial charge in [-0.05, 0) is 19.4 Å². The first-order valence-corrected chi connectivity index (χ1v) is 7.37. The zero-order valence-electron chi connectivity index (χ0n) is 13.9. The van der Waals surface area contributed by atoms with Gasteiger partial charge in [0.1, 0.15) is 5.57 Å². The lowest BCUT2D eigenvalue weighted by atomic mass is 9.73. The van der Waals surface area contributed by atoms with E-state index < -0.39 is 17.9 Å². The number of methoxy groups -OCH3 is 2. The summed E-state index contributed by atoms with van der Waals surface area (Å²) >= 11 is 0. The third-order valence-electron chi connectivity index (χ3n) is 3.60. The van der Waals surface area contributed by atoms with Crippen LogP contribution in [0.3, 0.4) is 0 Å². The van der Waals surface area contributed by atoms with Crippen molar-refractivity contribution in [2.75, 3.05) is 14.2 Å². The van der Waals surface area contributed by atoms with Crippen molar-refractivity contribution < 1.29 is 23.9 Å². The molecule has 0 spiro atoms. The van der Waals surface area contributed by atoms with Crippen LogP contribution < -0.4 is 0 Å². The van der Waals surface area contributed by atoms with Crippen LogP contribution in [0.5, 0.6) is 0 Å². The summed E-state index contributed by atoms with van der Waals surface area (Å²) in [5, 5.41) is 0. The third-order valence-corrected chi connectivity index (χ3v) is 3.60. The number of hydrogen-bond acceptors (Lipinski definition) is 5. The van der Waals surface area contributed by atoms with Gasteiger partial charge in [0.15, 0.2) is 5.78 Å². The Kier molecular flexibility index (Phi) is 7.19. The molecule has 124 valence electrons. The Morgan fingerprint density at radius 3 is 2.30 bits per heavy atom. The zero-order chi connectivity index (χ0) is 17.4. The van der Waals surface area contributed by atoms with E-state index in [1.54, 1.807) is 31.2 Å². The predicted molar refractivity (Wildman–Crippen MR) is 86.4 cm³/mol. The van der Waals surface area contributed by atoms with Crippen molar-refractivity contribution in [3.63, 3.8) is 0 Å². The van der Waals surface area contributed by atoms with Crippen molar-refractivity contribution in [2.24, 2.45) is 11.8 Å². The molecule has 0 heterocycles. The average molecular weight is 318 g/mol. The SMILES string of the molecule is CC=CC=CC1CC(=O)C(C(=O)OC)=C(C=CC)C1C(=O)OC. The van der Waals surface area contributed by atoms with Crippen molar-refractivity contribution >= 4 is 17.7 Å². The maximum Gasteiger partial charge on any atom is 0.341 e. The van der Waals surface area contributed by atoms with Gasteiger partial charge in [-0.2, -0.15) is 0 Å². The van der Waals surface area contributed by atoms with Crippen LogP contribution in [-0.2, 0) is 23.9 Å². The minimum Gasteiger partial charge on any atom is -0.469 e. The number of ketones is 1. The van der Waals surface area contributed by atoms with Crippen LogP contribution in [0.4, 0.5) is 0 Å². The summed E-state index contributed by atoms with van der Waals surface area (Å²) in [7, 11) is 2.50. The molecular formula is C18H22O5. The topological polar surface area (TPSA) is 69.7 Å². The fourth-order valence-electron chi connectivity index (χ4n) is 2.61. The van der Waals surface area contributed by atoms with Crippen LogP contribution >= 0.6 is 0 Å². The second-order valence-electron chi connectivity index (χ2n) is 5.02. The third kappa shape index (κ3) is 4.28. The fraction of sp³-hybridized carbons (Fsp3) is 0.389. The van der Waals surface area contributed by atoms with Crippen LogP contribution in [-0.4, -0.2) is 31.9 Å². The van der Waals surface area contributed by atoms with E-state index in [4.69, 9.17) is 9.47 Å². The van der Waals surface area contributed by atoms with E-state index in [0.717, 1.165) is 0 Å². The Balaban J connectivity index is 3.48. The number of allylic oxidation sites excluding steroid dienone is 6. The van der Waals surface area contributed by atoms with Crippen LogP contribution in [0.25, 0.3) is 0 Å². The highest BCUT2D eigenvalue weighted by Gasteiger charge is 2.41. The molecular weight excluding hydrogens is 296 g/mol. The molecule has 5 heteroatoms. The van der Waals surface area contributed by atoms with Crippen molar-refractivity contribution in [1.29, 1.82) is 0 Å². The molecule has 0 N–H and O–H groups in total. The summed E-state index contributed by atoms with van der Waals surface area (Å²) < 4.78 is 9.58. The van der Waals surface area contributed by atoms with Crippen molar-refractivity contribution in [1.82, 2.24) is 0 Å². The Hall–Kier alpha value is -2.43. The number of Topliss-reactive ketones (excluding diaryl/α,β-unsaturated/α-hetero) is 1. The summed E-state index contributed by atoms with van der Waals surface area (Å²) in [5.41, 5.74) is 0.272. The van der Waals surface area contributed by atoms with E-state index in [0.29, 0.717) is 5.57 Å². The van der Waals surface area contributed by atoms with Gasteiger partial charge in [-0.15, -0.1) is 0 Å². The van der Waals surface area contributed by atoms with Crippen molar-refractivity contribution in [2.45, 2.75) is 20.3 Å². The minimum atomic E-state index is -0.729. The van der Waals surface area contributed by atoms with Gasteiger partial charge in [-0.1, -0.05) is 36.5 Å². The first-order chi connectivity index (χ1) is 11.0. The van der Waals surface area contributed by atoms with Crippen LogP contribution in [0.15, 0.2) is 47.6 Å². The highest BCUT2D eigenvalue weighted by molar-refractivity contribution is 6.19. The van der Waals surface area contributed by atoms with Gasteiger partial charge >= 0.3 is 11.9 Å². The van der Waals surface area contributed by atoms with Gasteiger partial charge < -0.3 is 9.47 Å². The highest BCUT2D eigenvalue weighted by atomic mass is 16.5.